The Kier molecular flexibility index (Phi) is 10.6. The number of nitrogens with zero attached hydrogens (tertiary/aromatic N) is 1. The lowest BCUT2D eigenvalue weighted by Crippen LogP contribution is -2.10. The van der Waals surface area contributed by atoms with Crippen LogP contribution in [-0.4, -0.2) is 22.8 Å². The van der Waals surface area contributed by atoms with E-state index in [0.717, 1.165) is 42.7 Å². The standard InChI is InChI=1S/C16H17NOS.C10H18O2/c18-14-5-3-4-13(14)12-16(8-9-16)7-2-1-6-15-17-10-11-19-15;1-4-5-6-7-8-10(11)12-9(2)3/h1,3,5-6,10-12H,2,4,7-9H2;4-5,9H,6-8H2,1-3H3/b6-1-,13-12+;5-4-. The molecule has 5 heteroatoms. The average Bonchev–Trinajstić information content (AvgIpc) is 3.09. The maximum absolute atomic E-state index is 11.6. The lowest BCUT2D eigenvalue weighted by Gasteiger charge is -2.09. The zero-order chi connectivity index (χ0) is 22.5. The Morgan fingerprint density at radius 1 is 1.29 bits per heavy atom. The third kappa shape index (κ3) is 10.1. The third-order valence-corrected chi connectivity index (χ3v) is 5.91. The minimum atomic E-state index is -0.0884. The Labute approximate surface area is 190 Å². The van der Waals surface area contributed by atoms with E-state index >= 15 is 0 Å². The first-order valence-corrected chi connectivity index (χ1v) is 12.1. The molecule has 4 nitrogen and oxygen atoms in total. The van der Waals surface area contributed by atoms with Crippen molar-refractivity contribution in [1.29, 1.82) is 0 Å². The lowest BCUT2D eigenvalue weighted by atomic mass is 9.95. The molecule has 0 atom stereocenters. The maximum atomic E-state index is 11.6. The van der Waals surface area contributed by atoms with Crippen LogP contribution >= 0.6 is 11.3 Å². The van der Waals surface area contributed by atoms with Crippen LogP contribution in [0.3, 0.4) is 0 Å². The van der Waals surface area contributed by atoms with E-state index < -0.39 is 0 Å². The summed E-state index contributed by atoms with van der Waals surface area (Å²) >= 11 is 1.66. The fourth-order valence-corrected chi connectivity index (χ4v) is 3.91. The number of carbonyl (C=O) groups is 2. The molecule has 0 aliphatic heterocycles. The fraction of sp³-hybridized carbons (Fsp3) is 0.500. The average molecular weight is 442 g/mol. The van der Waals surface area contributed by atoms with Crippen LogP contribution in [0.2, 0.25) is 0 Å². The van der Waals surface area contributed by atoms with E-state index in [0.29, 0.717) is 11.8 Å². The first kappa shape index (κ1) is 25.0. The van der Waals surface area contributed by atoms with Crippen LogP contribution in [0.4, 0.5) is 0 Å². The molecule has 1 heterocycles. The van der Waals surface area contributed by atoms with Gasteiger partial charge in [0.1, 0.15) is 5.01 Å². The van der Waals surface area contributed by atoms with Gasteiger partial charge in [0.15, 0.2) is 5.78 Å². The zero-order valence-corrected chi connectivity index (χ0v) is 19.8. The Hall–Kier alpha value is -2.27. The van der Waals surface area contributed by atoms with Gasteiger partial charge in [0, 0.05) is 18.0 Å². The highest BCUT2D eigenvalue weighted by molar-refractivity contribution is 7.10. The topological polar surface area (TPSA) is 56.3 Å². The van der Waals surface area contributed by atoms with Gasteiger partial charge in [0.05, 0.1) is 6.10 Å². The van der Waals surface area contributed by atoms with E-state index in [1.807, 2.05) is 44.5 Å². The second-order valence-electron chi connectivity index (χ2n) is 8.31. The van der Waals surface area contributed by atoms with Crippen LogP contribution < -0.4 is 0 Å². The first-order valence-electron chi connectivity index (χ1n) is 11.2. The van der Waals surface area contributed by atoms with Crippen molar-refractivity contribution in [1.82, 2.24) is 4.98 Å². The zero-order valence-electron chi connectivity index (χ0n) is 19.0. The van der Waals surface area contributed by atoms with Crippen LogP contribution in [-0.2, 0) is 14.3 Å². The number of hydrogen-bond acceptors (Lipinski definition) is 5. The molecule has 0 unspecified atom stereocenters. The van der Waals surface area contributed by atoms with Gasteiger partial charge in [-0.05, 0) is 88.9 Å². The molecule has 3 rings (SSSR count). The van der Waals surface area contributed by atoms with E-state index in [1.54, 1.807) is 17.4 Å². The summed E-state index contributed by atoms with van der Waals surface area (Å²) in [6.07, 6.45) is 24.0. The largest absolute Gasteiger partial charge is 0.463 e. The van der Waals surface area contributed by atoms with Gasteiger partial charge < -0.3 is 4.74 Å². The number of aromatic nitrogens is 1. The van der Waals surface area contributed by atoms with Crippen LogP contribution in [0, 0.1) is 5.41 Å². The Morgan fingerprint density at radius 3 is 2.68 bits per heavy atom. The summed E-state index contributed by atoms with van der Waals surface area (Å²) in [5.74, 6) is 0.124. The highest BCUT2D eigenvalue weighted by atomic mass is 32.1. The highest BCUT2D eigenvalue weighted by Gasteiger charge is 2.40. The molecule has 1 fully saturated rings. The number of rotatable bonds is 10. The normalized spacial score (nSPS) is 18.2. The molecule has 168 valence electrons. The quantitative estimate of drug-likeness (QED) is 0.172. The van der Waals surface area contributed by atoms with Crippen molar-refractivity contribution in [2.24, 2.45) is 5.41 Å². The Balaban J connectivity index is 0.000000248. The van der Waals surface area contributed by atoms with Crippen molar-refractivity contribution < 1.29 is 14.3 Å². The molecule has 0 radical (unpaired) electrons. The number of carbonyl (C=O) groups excluding carboxylic acids is 2. The van der Waals surface area contributed by atoms with Gasteiger partial charge in [-0.15, -0.1) is 11.3 Å². The number of thiazole rings is 1. The molecule has 0 bridgehead atoms. The monoisotopic (exact) mass is 441 g/mol. The smallest absolute Gasteiger partial charge is 0.306 e. The van der Waals surface area contributed by atoms with Gasteiger partial charge in [-0.25, -0.2) is 4.98 Å². The number of ketones is 1. The Bertz CT molecular complexity index is 812. The molecule has 0 aromatic carbocycles. The van der Waals surface area contributed by atoms with Gasteiger partial charge in [-0.3, -0.25) is 9.59 Å². The molecule has 1 aromatic rings. The molecule has 1 aromatic heterocycles. The Morgan fingerprint density at radius 2 is 2.10 bits per heavy atom. The summed E-state index contributed by atoms with van der Waals surface area (Å²) in [6.45, 7) is 5.71. The predicted octanol–water partition coefficient (Wildman–Crippen LogP) is 6.86. The SMILES string of the molecule is C/C=C\CCCC(=O)OC(C)C.O=C1C=CC/C1=C\C1(CC/C=C\c2nccs2)CC1. The van der Waals surface area contributed by atoms with E-state index in [9.17, 15) is 9.59 Å². The van der Waals surface area contributed by atoms with Gasteiger partial charge >= 0.3 is 5.97 Å². The van der Waals surface area contributed by atoms with Crippen molar-refractivity contribution in [3.05, 3.63) is 58.6 Å². The second-order valence-corrected chi connectivity index (χ2v) is 9.24. The van der Waals surface area contributed by atoms with Crippen molar-refractivity contribution >= 4 is 29.2 Å². The summed E-state index contributed by atoms with van der Waals surface area (Å²) in [7, 11) is 0. The van der Waals surface area contributed by atoms with Crippen LogP contribution in [0.5, 0.6) is 0 Å². The summed E-state index contributed by atoms with van der Waals surface area (Å²) in [6, 6.07) is 0. The summed E-state index contributed by atoms with van der Waals surface area (Å²) in [5, 5.41) is 3.06. The van der Waals surface area contributed by atoms with Crippen LogP contribution in [0.15, 0.2) is 53.6 Å². The molecule has 0 N–H and O–H groups in total. The van der Waals surface area contributed by atoms with Crippen molar-refractivity contribution in [3.63, 3.8) is 0 Å². The number of hydrogen-bond donors (Lipinski definition) is 0. The van der Waals surface area contributed by atoms with Gasteiger partial charge in [0.25, 0.3) is 0 Å². The van der Waals surface area contributed by atoms with Crippen molar-refractivity contribution in [2.75, 3.05) is 0 Å². The summed E-state index contributed by atoms with van der Waals surface area (Å²) < 4.78 is 4.97. The van der Waals surface area contributed by atoms with Gasteiger partial charge in [0.2, 0.25) is 0 Å². The minimum absolute atomic E-state index is 0.0132. The molecule has 0 saturated heterocycles. The van der Waals surface area contributed by atoms with Crippen LogP contribution in [0.25, 0.3) is 6.08 Å². The summed E-state index contributed by atoms with van der Waals surface area (Å²) in [5.41, 5.74) is 1.31. The molecule has 1 saturated carbocycles. The fourth-order valence-electron chi connectivity index (χ4n) is 3.35. The number of allylic oxidation sites excluding steroid dienone is 7. The van der Waals surface area contributed by atoms with E-state index in [-0.39, 0.29) is 17.9 Å². The third-order valence-electron chi connectivity index (χ3n) is 5.17. The molecule has 2 aliphatic carbocycles. The second kappa shape index (κ2) is 13.2. The summed E-state index contributed by atoms with van der Waals surface area (Å²) in [4.78, 5) is 26.8. The minimum Gasteiger partial charge on any atom is -0.463 e. The van der Waals surface area contributed by atoms with Gasteiger partial charge in [-0.1, -0.05) is 30.4 Å². The van der Waals surface area contributed by atoms with Crippen molar-refractivity contribution in [2.45, 2.75) is 78.2 Å². The molecule has 31 heavy (non-hydrogen) atoms. The first-order chi connectivity index (χ1) is 14.9. The lowest BCUT2D eigenvalue weighted by molar-refractivity contribution is -0.147. The molecule has 0 amide bonds. The maximum Gasteiger partial charge on any atom is 0.306 e. The predicted molar refractivity (Wildman–Crippen MR) is 129 cm³/mol. The number of ether oxygens (including phenoxy) is 1. The number of unbranched alkanes of at least 4 members (excludes halogenated alkanes) is 1. The van der Waals surface area contributed by atoms with Gasteiger partial charge in [-0.2, -0.15) is 0 Å². The highest BCUT2D eigenvalue weighted by Crippen LogP contribution is 2.52. The van der Waals surface area contributed by atoms with Crippen molar-refractivity contribution in [3.8, 4) is 0 Å². The number of esters is 1. The van der Waals surface area contributed by atoms with E-state index in [2.05, 4.69) is 29.3 Å². The van der Waals surface area contributed by atoms with Crippen LogP contribution in [0.1, 0.15) is 77.1 Å². The molecule has 0 spiro atoms. The molecular weight excluding hydrogens is 406 g/mol. The van der Waals surface area contributed by atoms with E-state index in [4.69, 9.17) is 4.74 Å². The molecule has 2 aliphatic rings. The molecular formula is C26H35NO3S. The van der Waals surface area contributed by atoms with E-state index in [1.165, 1.54) is 12.8 Å².